The second-order valence-electron chi connectivity index (χ2n) is 12.5. The standard InChI is InChI=1S/C29H37N3O3/c1-20(2)21-6-8-22(9-7-21)29(34,26(3)17-31(4)18-26)23-12-24(14-30-13-23)32-19-28(35-25(32)33)15-27(16-28)10-5-11-27/h6-9,12-14,20,34H,5,10-11,15-19H2,1-4H3/t29-/m0/s1. The molecule has 4 fully saturated rings. The van der Waals surface area contributed by atoms with Gasteiger partial charge >= 0.3 is 6.09 Å². The van der Waals surface area contributed by atoms with Gasteiger partial charge in [0.2, 0.25) is 0 Å². The van der Waals surface area contributed by atoms with Crippen LogP contribution in [-0.4, -0.2) is 53.4 Å². The number of nitrogens with zero attached hydrogens (tertiary/aromatic N) is 3. The largest absolute Gasteiger partial charge is 0.441 e. The maximum Gasteiger partial charge on any atom is 0.415 e. The normalized spacial score (nSPS) is 25.7. The van der Waals surface area contributed by atoms with Crippen molar-refractivity contribution >= 4 is 11.8 Å². The molecule has 4 aliphatic rings. The van der Waals surface area contributed by atoms with Gasteiger partial charge in [-0.05, 0) is 61.3 Å². The smallest absolute Gasteiger partial charge is 0.415 e. The molecule has 0 bridgehead atoms. The predicted octanol–water partition coefficient (Wildman–Crippen LogP) is 5.05. The molecule has 0 radical (unpaired) electrons. The van der Waals surface area contributed by atoms with Crippen molar-refractivity contribution in [2.45, 2.75) is 70.0 Å². The zero-order valence-electron chi connectivity index (χ0n) is 21.4. The molecule has 3 heterocycles. The number of benzene rings is 1. The van der Waals surface area contributed by atoms with Gasteiger partial charge in [-0.2, -0.15) is 0 Å². The molecule has 2 saturated heterocycles. The van der Waals surface area contributed by atoms with E-state index in [2.05, 4.69) is 62.0 Å². The highest BCUT2D eigenvalue weighted by Crippen LogP contribution is 2.63. The summed E-state index contributed by atoms with van der Waals surface area (Å²) in [6.45, 7) is 8.61. The average Bonchev–Trinajstić information content (AvgIpc) is 3.12. The van der Waals surface area contributed by atoms with Crippen molar-refractivity contribution in [1.82, 2.24) is 9.88 Å². The summed E-state index contributed by atoms with van der Waals surface area (Å²) in [5, 5.41) is 12.5. The number of aliphatic hydroxyl groups is 1. The Labute approximate surface area is 208 Å². The van der Waals surface area contributed by atoms with Crippen molar-refractivity contribution in [3.63, 3.8) is 0 Å². The van der Waals surface area contributed by atoms with Crippen LogP contribution in [0.25, 0.3) is 0 Å². The molecule has 186 valence electrons. The molecule has 6 nitrogen and oxygen atoms in total. The topological polar surface area (TPSA) is 65.9 Å². The summed E-state index contributed by atoms with van der Waals surface area (Å²) in [5.74, 6) is 0.423. The number of aromatic nitrogens is 1. The van der Waals surface area contributed by atoms with Crippen LogP contribution >= 0.6 is 0 Å². The van der Waals surface area contributed by atoms with Crippen LogP contribution in [0.15, 0.2) is 42.7 Å². The maximum absolute atomic E-state index is 12.9. The first-order valence-electron chi connectivity index (χ1n) is 13.0. The summed E-state index contributed by atoms with van der Waals surface area (Å²) >= 11 is 0. The Morgan fingerprint density at radius 3 is 2.31 bits per heavy atom. The molecule has 1 N–H and O–H groups in total. The van der Waals surface area contributed by atoms with E-state index >= 15 is 0 Å². The van der Waals surface area contributed by atoms with E-state index in [1.54, 1.807) is 17.3 Å². The third-order valence-electron chi connectivity index (χ3n) is 9.34. The number of rotatable bonds is 5. The summed E-state index contributed by atoms with van der Waals surface area (Å²) in [7, 11) is 2.08. The molecule has 1 aromatic carbocycles. The van der Waals surface area contributed by atoms with Crippen molar-refractivity contribution in [2.24, 2.45) is 10.8 Å². The average molecular weight is 476 g/mol. The predicted molar refractivity (Wildman–Crippen MR) is 135 cm³/mol. The third kappa shape index (κ3) is 3.36. The van der Waals surface area contributed by atoms with Gasteiger partial charge in [0.05, 0.1) is 18.4 Å². The van der Waals surface area contributed by atoms with Gasteiger partial charge in [-0.25, -0.2) is 4.79 Å². The summed E-state index contributed by atoms with van der Waals surface area (Å²) in [6, 6.07) is 10.3. The van der Waals surface area contributed by atoms with Crippen LogP contribution in [0.3, 0.4) is 0 Å². The molecule has 6 heteroatoms. The van der Waals surface area contributed by atoms with Crippen LogP contribution in [0.4, 0.5) is 10.5 Å². The lowest BCUT2D eigenvalue weighted by Crippen LogP contribution is -2.63. The van der Waals surface area contributed by atoms with Crippen molar-refractivity contribution in [3.8, 4) is 0 Å². The van der Waals surface area contributed by atoms with E-state index in [9.17, 15) is 9.90 Å². The van der Waals surface area contributed by atoms with Gasteiger partial charge in [0.25, 0.3) is 0 Å². The lowest BCUT2D eigenvalue weighted by Gasteiger charge is -2.58. The van der Waals surface area contributed by atoms with Crippen molar-refractivity contribution < 1.29 is 14.6 Å². The van der Waals surface area contributed by atoms with Gasteiger partial charge < -0.3 is 14.7 Å². The number of anilines is 1. The number of ether oxygens (including phenoxy) is 1. The number of carbonyl (C=O) groups is 1. The number of hydrogen-bond acceptors (Lipinski definition) is 5. The van der Waals surface area contributed by atoms with Crippen LogP contribution < -0.4 is 4.90 Å². The number of likely N-dealkylation sites (tertiary alicyclic amines) is 1. The van der Waals surface area contributed by atoms with Gasteiger partial charge in [0.15, 0.2) is 0 Å². The van der Waals surface area contributed by atoms with Crippen molar-refractivity contribution in [2.75, 3.05) is 31.6 Å². The van der Waals surface area contributed by atoms with E-state index in [1.165, 1.54) is 24.8 Å². The first-order chi connectivity index (χ1) is 16.6. The molecule has 2 aliphatic heterocycles. The summed E-state index contributed by atoms with van der Waals surface area (Å²) in [5.41, 5.74) is 2.00. The van der Waals surface area contributed by atoms with E-state index in [-0.39, 0.29) is 17.1 Å². The van der Waals surface area contributed by atoms with E-state index in [0.29, 0.717) is 23.6 Å². The summed E-state index contributed by atoms with van der Waals surface area (Å²) in [6.07, 6.45) is 8.96. The molecule has 2 saturated carbocycles. The lowest BCUT2D eigenvalue weighted by atomic mass is 9.50. The first-order valence-corrected chi connectivity index (χ1v) is 13.0. The molecule has 2 spiro atoms. The molecule has 2 aliphatic carbocycles. The van der Waals surface area contributed by atoms with Crippen LogP contribution in [0.1, 0.15) is 75.5 Å². The quantitative estimate of drug-likeness (QED) is 0.655. The number of amides is 1. The molecule has 0 unspecified atom stereocenters. The van der Waals surface area contributed by atoms with Crippen molar-refractivity contribution in [3.05, 3.63) is 59.4 Å². The monoisotopic (exact) mass is 475 g/mol. The highest BCUT2D eigenvalue weighted by atomic mass is 16.6. The second kappa shape index (κ2) is 7.53. The number of carbonyl (C=O) groups excluding carboxylic acids is 1. The molecular weight excluding hydrogens is 438 g/mol. The number of hydrogen-bond donors (Lipinski definition) is 1. The highest BCUT2D eigenvalue weighted by molar-refractivity contribution is 5.90. The Morgan fingerprint density at radius 1 is 1.06 bits per heavy atom. The van der Waals surface area contributed by atoms with Crippen molar-refractivity contribution in [1.29, 1.82) is 0 Å². The second-order valence-corrected chi connectivity index (χ2v) is 12.5. The Morgan fingerprint density at radius 2 is 1.74 bits per heavy atom. The van der Waals surface area contributed by atoms with E-state index in [1.807, 2.05) is 6.07 Å². The Balaban J connectivity index is 1.34. The Bertz CT molecular complexity index is 1140. The molecule has 35 heavy (non-hydrogen) atoms. The molecular formula is C29H37N3O3. The van der Waals surface area contributed by atoms with Crippen LogP contribution in [0, 0.1) is 10.8 Å². The zero-order valence-corrected chi connectivity index (χ0v) is 21.4. The number of pyridine rings is 1. The minimum absolute atomic E-state index is 0.294. The van der Waals surface area contributed by atoms with Crippen LogP contribution in [0.5, 0.6) is 0 Å². The van der Waals surface area contributed by atoms with Crippen LogP contribution in [-0.2, 0) is 10.3 Å². The first kappa shape index (κ1) is 23.0. The molecule has 6 rings (SSSR count). The maximum atomic E-state index is 12.9. The van der Waals surface area contributed by atoms with Gasteiger partial charge in [0.1, 0.15) is 11.2 Å². The molecule has 1 aromatic heterocycles. The van der Waals surface area contributed by atoms with E-state index < -0.39 is 5.60 Å². The fourth-order valence-corrected chi connectivity index (χ4v) is 7.47. The van der Waals surface area contributed by atoms with Gasteiger partial charge in [0, 0.05) is 30.3 Å². The lowest BCUT2D eigenvalue weighted by molar-refractivity contribution is -0.140. The fraction of sp³-hybridized carbons (Fsp3) is 0.586. The molecule has 1 atom stereocenters. The summed E-state index contributed by atoms with van der Waals surface area (Å²) in [4.78, 5) is 21.4. The third-order valence-corrected chi connectivity index (χ3v) is 9.34. The minimum Gasteiger partial charge on any atom is -0.441 e. The fourth-order valence-electron chi connectivity index (χ4n) is 7.47. The Kier molecular flexibility index (Phi) is 4.95. The van der Waals surface area contributed by atoms with Crippen LogP contribution in [0.2, 0.25) is 0 Å². The zero-order chi connectivity index (χ0) is 24.6. The van der Waals surface area contributed by atoms with Gasteiger partial charge in [-0.3, -0.25) is 9.88 Å². The van der Waals surface area contributed by atoms with Gasteiger partial charge in [-0.15, -0.1) is 0 Å². The van der Waals surface area contributed by atoms with E-state index in [0.717, 1.165) is 37.1 Å². The SMILES string of the molecule is CC(C)c1ccc([C@](O)(c2cncc(N3CC4(CC5(CCC5)C4)OC3=O)c2)C2(C)CN(C)C2)cc1. The molecule has 1 amide bonds. The summed E-state index contributed by atoms with van der Waals surface area (Å²) < 4.78 is 5.93. The van der Waals surface area contributed by atoms with Gasteiger partial charge in [-0.1, -0.05) is 51.5 Å². The Hall–Kier alpha value is -2.44. The highest BCUT2D eigenvalue weighted by Gasteiger charge is 2.63. The molecule has 2 aromatic rings. The van der Waals surface area contributed by atoms with E-state index in [4.69, 9.17) is 4.74 Å². The minimum atomic E-state index is -1.23.